The standard InChI is InChI=1S/C22H24N2O5S/c25-20(23-13-16-6-7-18-19(12-16)29-15-28-18)21(26)24-14-22(8-10-27-11-9-22)30-17-4-2-1-3-5-17/h1-7,12H,8-11,13-15H2,(H,23,25)(H,24,26). The summed E-state index contributed by atoms with van der Waals surface area (Å²) in [6, 6.07) is 15.5. The normalized spacial score (nSPS) is 16.7. The molecule has 4 rings (SSSR count). The van der Waals surface area contributed by atoms with Crippen LogP contribution in [-0.2, 0) is 20.9 Å². The van der Waals surface area contributed by atoms with Crippen molar-refractivity contribution in [1.82, 2.24) is 10.6 Å². The van der Waals surface area contributed by atoms with E-state index in [1.54, 1.807) is 23.9 Å². The Kier molecular flexibility index (Phi) is 6.44. The van der Waals surface area contributed by atoms with E-state index < -0.39 is 11.8 Å². The second kappa shape index (κ2) is 9.40. The van der Waals surface area contributed by atoms with Gasteiger partial charge in [-0.15, -0.1) is 11.8 Å². The summed E-state index contributed by atoms with van der Waals surface area (Å²) < 4.78 is 15.9. The SMILES string of the molecule is O=C(NCc1ccc2c(c1)OCO2)C(=O)NCC1(Sc2ccccc2)CCOCC1. The summed E-state index contributed by atoms with van der Waals surface area (Å²) in [6.07, 6.45) is 1.62. The molecule has 2 N–H and O–H groups in total. The highest BCUT2D eigenvalue weighted by molar-refractivity contribution is 8.00. The van der Waals surface area contributed by atoms with Gasteiger partial charge in [-0.2, -0.15) is 0 Å². The number of fused-ring (bicyclic) bond motifs is 1. The zero-order valence-corrected chi connectivity index (χ0v) is 17.3. The van der Waals surface area contributed by atoms with Gasteiger partial charge in [-0.25, -0.2) is 0 Å². The van der Waals surface area contributed by atoms with E-state index in [0.29, 0.717) is 31.3 Å². The zero-order valence-electron chi connectivity index (χ0n) is 16.5. The summed E-state index contributed by atoms with van der Waals surface area (Å²) in [6.45, 7) is 2.13. The van der Waals surface area contributed by atoms with Gasteiger partial charge in [0.2, 0.25) is 6.79 Å². The van der Waals surface area contributed by atoms with Crippen molar-refractivity contribution in [1.29, 1.82) is 0 Å². The number of carbonyl (C=O) groups excluding carboxylic acids is 2. The molecule has 7 nitrogen and oxygen atoms in total. The van der Waals surface area contributed by atoms with Crippen molar-refractivity contribution in [3.63, 3.8) is 0 Å². The van der Waals surface area contributed by atoms with Gasteiger partial charge in [-0.1, -0.05) is 24.3 Å². The van der Waals surface area contributed by atoms with Crippen LogP contribution in [0, 0.1) is 0 Å². The molecule has 2 aliphatic rings. The van der Waals surface area contributed by atoms with Crippen molar-refractivity contribution in [2.75, 3.05) is 26.6 Å². The maximum atomic E-state index is 12.4. The van der Waals surface area contributed by atoms with Crippen molar-refractivity contribution in [2.45, 2.75) is 29.0 Å². The number of rotatable bonds is 6. The first-order valence-corrected chi connectivity index (χ1v) is 10.7. The van der Waals surface area contributed by atoms with Crippen LogP contribution >= 0.6 is 11.8 Å². The fourth-order valence-corrected chi connectivity index (χ4v) is 4.74. The van der Waals surface area contributed by atoms with E-state index in [0.717, 1.165) is 23.3 Å². The van der Waals surface area contributed by atoms with Crippen molar-refractivity contribution in [3.8, 4) is 11.5 Å². The van der Waals surface area contributed by atoms with Crippen LogP contribution in [0.4, 0.5) is 0 Å². The number of nitrogens with one attached hydrogen (secondary N) is 2. The Morgan fingerprint density at radius 2 is 1.67 bits per heavy atom. The lowest BCUT2D eigenvalue weighted by Crippen LogP contribution is -2.48. The fraction of sp³-hybridized carbons (Fsp3) is 0.364. The van der Waals surface area contributed by atoms with Gasteiger partial charge in [-0.05, 0) is 42.7 Å². The second-order valence-electron chi connectivity index (χ2n) is 7.26. The van der Waals surface area contributed by atoms with E-state index in [4.69, 9.17) is 14.2 Å². The Balaban J connectivity index is 1.31. The first kappa shape index (κ1) is 20.6. The molecule has 1 fully saturated rings. The molecule has 8 heteroatoms. The molecule has 2 aliphatic heterocycles. The molecule has 0 radical (unpaired) electrons. The molecule has 0 saturated carbocycles. The lowest BCUT2D eigenvalue weighted by atomic mass is 9.99. The van der Waals surface area contributed by atoms with Crippen molar-refractivity contribution < 1.29 is 23.8 Å². The van der Waals surface area contributed by atoms with Gasteiger partial charge in [0, 0.05) is 35.9 Å². The molecule has 0 aromatic heterocycles. The summed E-state index contributed by atoms with van der Waals surface area (Å²) in [5, 5.41) is 5.48. The maximum absolute atomic E-state index is 12.4. The average molecular weight is 429 g/mol. The van der Waals surface area contributed by atoms with Gasteiger partial charge < -0.3 is 24.8 Å². The molecular formula is C22H24N2O5S. The number of benzene rings is 2. The van der Waals surface area contributed by atoms with Crippen LogP contribution in [0.15, 0.2) is 53.4 Å². The molecule has 2 aromatic rings. The molecule has 0 unspecified atom stereocenters. The number of hydrogen-bond acceptors (Lipinski definition) is 6. The average Bonchev–Trinajstić information content (AvgIpc) is 3.25. The number of amides is 2. The van der Waals surface area contributed by atoms with E-state index in [2.05, 4.69) is 22.8 Å². The molecule has 2 heterocycles. The summed E-state index contributed by atoms with van der Waals surface area (Å²) in [7, 11) is 0. The van der Waals surface area contributed by atoms with E-state index in [9.17, 15) is 9.59 Å². The van der Waals surface area contributed by atoms with Crippen LogP contribution in [0.2, 0.25) is 0 Å². The quantitative estimate of drug-likeness (QED) is 0.688. The Hall–Kier alpha value is -2.71. The van der Waals surface area contributed by atoms with E-state index >= 15 is 0 Å². The molecule has 30 heavy (non-hydrogen) atoms. The van der Waals surface area contributed by atoms with Crippen molar-refractivity contribution >= 4 is 23.6 Å². The van der Waals surface area contributed by atoms with Gasteiger partial charge in [0.15, 0.2) is 11.5 Å². The van der Waals surface area contributed by atoms with E-state index in [-0.39, 0.29) is 18.1 Å². The first-order chi connectivity index (χ1) is 14.6. The molecule has 2 aromatic carbocycles. The zero-order chi connectivity index (χ0) is 20.8. The third-order valence-corrected chi connectivity index (χ3v) is 6.64. The summed E-state index contributed by atoms with van der Waals surface area (Å²) in [5.74, 6) is 0.0425. The molecule has 158 valence electrons. The predicted octanol–water partition coefficient (Wildman–Crippen LogP) is 2.49. The van der Waals surface area contributed by atoms with Crippen LogP contribution in [0.5, 0.6) is 11.5 Å². The van der Waals surface area contributed by atoms with Gasteiger partial charge in [0.05, 0.1) is 0 Å². The summed E-state index contributed by atoms with van der Waals surface area (Å²) >= 11 is 1.74. The number of hydrogen-bond donors (Lipinski definition) is 2. The Morgan fingerprint density at radius 1 is 0.933 bits per heavy atom. The van der Waals surface area contributed by atoms with Gasteiger partial charge in [0.1, 0.15) is 0 Å². The minimum absolute atomic E-state index is 0.188. The summed E-state index contributed by atoms with van der Waals surface area (Å²) in [5.41, 5.74) is 0.834. The maximum Gasteiger partial charge on any atom is 0.309 e. The monoisotopic (exact) mass is 428 g/mol. The highest BCUT2D eigenvalue weighted by Crippen LogP contribution is 2.40. The predicted molar refractivity (Wildman–Crippen MR) is 113 cm³/mol. The van der Waals surface area contributed by atoms with Crippen molar-refractivity contribution in [2.24, 2.45) is 0 Å². The molecule has 2 amide bonds. The number of carbonyl (C=O) groups is 2. The Labute approximate surface area is 179 Å². The minimum atomic E-state index is -0.653. The Bertz CT molecular complexity index is 900. The van der Waals surface area contributed by atoms with Crippen LogP contribution in [0.3, 0.4) is 0 Å². The molecule has 0 atom stereocenters. The molecule has 0 spiro atoms. The third-order valence-electron chi connectivity index (χ3n) is 5.15. The molecular weight excluding hydrogens is 404 g/mol. The van der Waals surface area contributed by atoms with Crippen molar-refractivity contribution in [3.05, 3.63) is 54.1 Å². The van der Waals surface area contributed by atoms with Crippen LogP contribution in [0.25, 0.3) is 0 Å². The third kappa shape index (κ3) is 5.06. The smallest absolute Gasteiger partial charge is 0.309 e. The van der Waals surface area contributed by atoms with Gasteiger partial charge >= 0.3 is 11.8 Å². The summed E-state index contributed by atoms with van der Waals surface area (Å²) in [4.78, 5) is 25.8. The largest absolute Gasteiger partial charge is 0.454 e. The van der Waals surface area contributed by atoms with E-state index in [1.807, 2.05) is 24.3 Å². The highest BCUT2D eigenvalue weighted by Gasteiger charge is 2.34. The Morgan fingerprint density at radius 3 is 2.47 bits per heavy atom. The minimum Gasteiger partial charge on any atom is -0.454 e. The van der Waals surface area contributed by atoms with Crippen LogP contribution < -0.4 is 20.1 Å². The first-order valence-electron chi connectivity index (χ1n) is 9.90. The van der Waals surface area contributed by atoms with Gasteiger partial charge in [0.25, 0.3) is 0 Å². The van der Waals surface area contributed by atoms with Crippen LogP contribution in [0.1, 0.15) is 18.4 Å². The number of ether oxygens (including phenoxy) is 3. The second-order valence-corrected chi connectivity index (χ2v) is 8.81. The van der Waals surface area contributed by atoms with Gasteiger partial charge in [-0.3, -0.25) is 9.59 Å². The number of thioether (sulfide) groups is 1. The lowest BCUT2D eigenvalue weighted by molar-refractivity contribution is -0.139. The fourth-order valence-electron chi connectivity index (χ4n) is 3.43. The van der Waals surface area contributed by atoms with Crippen LogP contribution in [-0.4, -0.2) is 43.1 Å². The molecule has 1 saturated heterocycles. The molecule has 0 aliphatic carbocycles. The highest BCUT2D eigenvalue weighted by atomic mass is 32.2. The van der Waals surface area contributed by atoms with E-state index in [1.165, 1.54) is 0 Å². The molecule has 0 bridgehead atoms. The lowest BCUT2D eigenvalue weighted by Gasteiger charge is -2.36. The topological polar surface area (TPSA) is 85.9 Å².